The van der Waals surface area contributed by atoms with Gasteiger partial charge in [0, 0.05) is 18.8 Å². The lowest BCUT2D eigenvalue weighted by Gasteiger charge is -2.31. The van der Waals surface area contributed by atoms with Crippen LogP contribution in [-0.2, 0) is 0 Å². The van der Waals surface area contributed by atoms with Crippen molar-refractivity contribution in [3.05, 3.63) is 30.7 Å². The molecule has 20 heavy (non-hydrogen) atoms. The molecular weight excluding hydrogens is 260 g/mol. The van der Waals surface area contributed by atoms with E-state index in [1.807, 2.05) is 0 Å². The molecule has 1 atom stereocenters. The lowest BCUT2D eigenvalue weighted by atomic mass is 10.1. The van der Waals surface area contributed by atoms with Gasteiger partial charge in [-0.2, -0.15) is 5.10 Å². The summed E-state index contributed by atoms with van der Waals surface area (Å²) in [7, 11) is 0. The molecule has 2 aromatic rings. The number of nitrogens with zero attached hydrogens (tertiary/aromatic N) is 5. The first-order chi connectivity index (χ1) is 9.83. The minimum atomic E-state index is -0.154. The fourth-order valence-electron chi connectivity index (χ4n) is 2.20. The molecule has 1 amide bonds. The van der Waals surface area contributed by atoms with Gasteiger partial charge < -0.3 is 9.64 Å². The molecule has 0 spiro atoms. The van der Waals surface area contributed by atoms with E-state index in [1.54, 1.807) is 17.2 Å². The second-order valence-electron chi connectivity index (χ2n) is 4.51. The number of likely N-dealkylation sites (tertiary alicyclic amines) is 1. The largest absolute Gasteiger partial charge is 0.472 e. The average molecular weight is 274 g/mol. The number of carbonyl (C=O) groups is 1. The summed E-state index contributed by atoms with van der Waals surface area (Å²) in [5.74, 6) is 0.630. The summed E-state index contributed by atoms with van der Waals surface area (Å²) in [6.07, 6.45) is 6.11. The van der Waals surface area contributed by atoms with Crippen LogP contribution in [-0.4, -0.2) is 55.1 Å². The first-order valence-electron chi connectivity index (χ1n) is 6.40. The molecule has 1 aliphatic rings. The molecular formula is C12H14N6O2. The first-order valence-corrected chi connectivity index (χ1v) is 6.40. The third-order valence-corrected chi connectivity index (χ3v) is 3.13. The van der Waals surface area contributed by atoms with E-state index in [4.69, 9.17) is 4.74 Å². The predicted octanol–water partition coefficient (Wildman–Crippen LogP) is 0.278. The maximum Gasteiger partial charge on any atom is 0.291 e. The lowest BCUT2D eigenvalue weighted by molar-refractivity contribution is 0.0517. The van der Waals surface area contributed by atoms with E-state index in [0.717, 1.165) is 12.8 Å². The van der Waals surface area contributed by atoms with Gasteiger partial charge in [-0.15, -0.1) is 0 Å². The zero-order valence-electron chi connectivity index (χ0n) is 10.8. The van der Waals surface area contributed by atoms with Crippen LogP contribution in [0.1, 0.15) is 23.5 Å². The Morgan fingerprint density at radius 1 is 1.40 bits per heavy atom. The minimum Gasteiger partial charge on any atom is -0.472 e. The Hall–Kier alpha value is -2.51. The van der Waals surface area contributed by atoms with Crippen LogP contribution in [0.4, 0.5) is 0 Å². The monoisotopic (exact) mass is 274 g/mol. The maximum atomic E-state index is 12.2. The Morgan fingerprint density at radius 3 is 3.10 bits per heavy atom. The van der Waals surface area contributed by atoms with Crippen LogP contribution in [0.3, 0.4) is 0 Å². The molecule has 1 unspecified atom stereocenters. The first kappa shape index (κ1) is 12.5. The summed E-state index contributed by atoms with van der Waals surface area (Å²) in [6, 6.07) is 1.71. The van der Waals surface area contributed by atoms with Crippen molar-refractivity contribution < 1.29 is 9.53 Å². The van der Waals surface area contributed by atoms with Crippen LogP contribution in [0.25, 0.3) is 0 Å². The Balaban J connectivity index is 1.63. The molecule has 0 bridgehead atoms. The molecule has 1 fully saturated rings. The van der Waals surface area contributed by atoms with E-state index in [1.165, 1.54) is 12.7 Å². The van der Waals surface area contributed by atoms with Crippen molar-refractivity contribution in [2.24, 2.45) is 0 Å². The molecule has 1 saturated heterocycles. The minimum absolute atomic E-state index is 0.0643. The normalized spacial score (nSPS) is 18.8. The van der Waals surface area contributed by atoms with Crippen LogP contribution >= 0.6 is 0 Å². The smallest absolute Gasteiger partial charge is 0.291 e. The predicted molar refractivity (Wildman–Crippen MR) is 68.0 cm³/mol. The highest BCUT2D eigenvalue weighted by atomic mass is 16.5. The van der Waals surface area contributed by atoms with Crippen LogP contribution in [0.2, 0.25) is 0 Å². The average Bonchev–Trinajstić information content (AvgIpc) is 3.02. The van der Waals surface area contributed by atoms with E-state index in [-0.39, 0.29) is 17.8 Å². The van der Waals surface area contributed by atoms with Gasteiger partial charge in [-0.3, -0.25) is 9.89 Å². The van der Waals surface area contributed by atoms with Crippen molar-refractivity contribution in [2.45, 2.75) is 18.9 Å². The number of rotatable bonds is 3. The van der Waals surface area contributed by atoms with Gasteiger partial charge in [-0.1, -0.05) is 0 Å². The van der Waals surface area contributed by atoms with Crippen LogP contribution in [0, 0.1) is 0 Å². The Bertz CT molecular complexity index is 559. The lowest BCUT2D eigenvalue weighted by Crippen LogP contribution is -2.44. The van der Waals surface area contributed by atoms with Crippen molar-refractivity contribution in [3.63, 3.8) is 0 Å². The summed E-state index contributed by atoms with van der Waals surface area (Å²) in [5.41, 5.74) is 0. The molecule has 3 rings (SSSR count). The summed E-state index contributed by atoms with van der Waals surface area (Å²) in [6.45, 7) is 1.21. The molecule has 2 aromatic heterocycles. The SMILES string of the molecule is O=C(c1ncn[nH]1)N1CCCC(Oc2ccncn2)C1. The number of hydrogen-bond donors (Lipinski definition) is 1. The molecule has 0 aromatic carbocycles. The number of H-pyrrole nitrogens is 1. The van der Waals surface area contributed by atoms with Crippen LogP contribution in [0.5, 0.6) is 5.88 Å². The third-order valence-electron chi connectivity index (χ3n) is 3.13. The van der Waals surface area contributed by atoms with E-state index in [2.05, 4.69) is 25.1 Å². The van der Waals surface area contributed by atoms with E-state index < -0.39 is 0 Å². The van der Waals surface area contributed by atoms with Gasteiger partial charge in [0.15, 0.2) is 0 Å². The molecule has 104 valence electrons. The second kappa shape index (κ2) is 5.64. The Morgan fingerprint density at radius 2 is 2.35 bits per heavy atom. The summed E-state index contributed by atoms with van der Waals surface area (Å²) in [4.78, 5) is 25.6. The van der Waals surface area contributed by atoms with Gasteiger partial charge in [-0.05, 0) is 12.8 Å². The van der Waals surface area contributed by atoms with Crippen LogP contribution in [0.15, 0.2) is 24.9 Å². The quantitative estimate of drug-likeness (QED) is 0.863. The second-order valence-corrected chi connectivity index (χ2v) is 4.51. The van der Waals surface area contributed by atoms with Gasteiger partial charge in [-0.25, -0.2) is 15.0 Å². The highest BCUT2D eigenvalue weighted by Gasteiger charge is 2.27. The van der Waals surface area contributed by atoms with Crippen molar-refractivity contribution in [3.8, 4) is 5.88 Å². The molecule has 3 heterocycles. The molecule has 0 saturated carbocycles. The van der Waals surface area contributed by atoms with E-state index in [0.29, 0.717) is 19.0 Å². The van der Waals surface area contributed by atoms with E-state index >= 15 is 0 Å². The Labute approximate surface area is 115 Å². The van der Waals surface area contributed by atoms with E-state index in [9.17, 15) is 4.79 Å². The zero-order chi connectivity index (χ0) is 13.8. The molecule has 1 N–H and O–H groups in total. The molecule has 0 radical (unpaired) electrons. The van der Waals surface area contributed by atoms with Gasteiger partial charge in [0.05, 0.1) is 6.54 Å². The summed E-state index contributed by atoms with van der Waals surface area (Å²) in [5, 5.41) is 6.28. The van der Waals surface area contributed by atoms with Crippen molar-refractivity contribution >= 4 is 5.91 Å². The summed E-state index contributed by atoms with van der Waals surface area (Å²) < 4.78 is 5.76. The number of aromatic nitrogens is 5. The summed E-state index contributed by atoms with van der Waals surface area (Å²) >= 11 is 0. The number of aromatic amines is 1. The van der Waals surface area contributed by atoms with Gasteiger partial charge in [0.1, 0.15) is 18.8 Å². The fourth-order valence-corrected chi connectivity index (χ4v) is 2.20. The third kappa shape index (κ3) is 2.73. The van der Waals surface area contributed by atoms with Crippen molar-refractivity contribution in [1.29, 1.82) is 0 Å². The molecule has 0 aliphatic carbocycles. The fraction of sp³-hybridized carbons (Fsp3) is 0.417. The highest BCUT2D eigenvalue weighted by Crippen LogP contribution is 2.17. The van der Waals surface area contributed by atoms with Crippen molar-refractivity contribution in [1.82, 2.24) is 30.0 Å². The number of nitrogens with one attached hydrogen (secondary N) is 1. The van der Waals surface area contributed by atoms with Crippen molar-refractivity contribution in [2.75, 3.05) is 13.1 Å². The topological polar surface area (TPSA) is 96.9 Å². The standard InChI is InChI=1S/C12H14N6O2/c19-12(11-15-8-16-17-11)18-5-1-2-9(6-18)20-10-3-4-13-7-14-10/h3-4,7-9H,1-2,5-6H2,(H,15,16,17). The van der Waals surface area contributed by atoms with Gasteiger partial charge in [0.25, 0.3) is 5.91 Å². The Kier molecular flexibility index (Phi) is 3.53. The number of amides is 1. The molecule has 8 heteroatoms. The number of ether oxygens (including phenoxy) is 1. The molecule has 8 nitrogen and oxygen atoms in total. The maximum absolute atomic E-state index is 12.2. The molecule has 1 aliphatic heterocycles. The van der Waals surface area contributed by atoms with Gasteiger partial charge in [0.2, 0.25) is 11.7 Å². The number of carbonyl (C=O) groups excluding carboxylic acids is 1. The number of piperidine rings is 1. The van der Waals surface area contributed by atoms with Gasteiger partial charge >= 0.3 is 0 Å². The number of hydrogen-bond acceptors (Lipinski definition) is 6. The highest BCUT2D eigenvalue weighted by molar-refractivity contribution is 5.90. The zero-order valence-corrected chi connectivity index (χ0v) is 10.8. The van der Waals surface area contributed by atoms with Crippen LogP contribution < -0.4 is 4.74 Å².